The summed E-state index contributed by atoms with van der Waals surface area (Å²) in [5.74, 6) is -0.000704. The number of anilines is 2. The number of aromatic carboxylic acids is 1. The summed E-state index contributed by atoms with van der Waals surface area (Å²) in [5.41, 5.74) is 3.55. The number of carboxylic acids is 1. The van der Waals surface area contributed by atoms with Gasteiger partial charge >= 0.3 is 5.97 Å². The van der Waals surface area contributed by atoms with Crippen molar-refractivity contribution in [2.45, 2.75) is 30.2 Å². The molecule has 3 N–H and O–H groups in total. The molecule has 3 atom stereocenters. The van der Waals surface area contributed by atoms with E-state index in [0.29, 0.717) is 18.0 Å². The van der Waals surface area contributed by atoms with Crippen LogP contribution in [0.25, 0.3) is 0 Å². The molecule has 35 heavy (non-hydrogen) atoms. The average molecular weight is 491 g/mol. The molecule has 180 valence electrons. The molecule has 0 bridgehead atoms. The van der Waals surface area contributed by atoms with Crippen LogP contribution in [0.5, 0.6) is 5.75 Å². The number of allylic oxidation sites excluding steroid dienone is 2. The van der Waals surface area contributed by atoms with E-state index in [1.807, 2.05) is 25.1 Å². The van der Waals surface area contributed by atoms with E-state index in [9.17, 15) is 18.3 Å². The summed E-state index contributed by atoms with van der Waals surface area (Å²) < 4.78 is 34.3. The number of sulfonamides is 1. The topological polar surface area (TPSA) is 105 Å². The van der Waals surface area contributed by atoms with Gasteiger partial charge in [-0.1, -0.05) is 24.3 Å². The summed E-state index contributed by atoms with van der Waals surface area (Å²) in [5, 5.41) is 12.8. The average Bonchev–Trinajstić information content (AvgIpc) is 3.35. The van der Waals surface area contributed by atoms with Crippen molar-refractivity contribution >= 4 is 27.4 Å². The highest BCUT2D eigenvalue weighted by molar-refractivity contribution is 7.92. The molecule has 1 aliphatic heterocycles. The zero-order valence-corrected chi connectivity index (χ0v) is 20.0. The fourth-order valence-electron chi connectivity index (χ4n) is 4.90. The second-order valence-electron chi connectivity index (χ2n) is 8.71. The molecule has 0 spiro atoms. The third-order valence-corrected chi connectivity index (χ3v) is 7.96. The van der Waals surface area contributed by atoms with E-state index in [0.717, 1.165) is 23.2 Å². The first-order chi connectivity index (χ1) is 16.9. The molecule has 0 aromatic heterocycles. The van der Waals surface area contributed by atoms with Gasteiger partial charge in [-0.2, -0.15) is 0 Å². The minimum atomic E-state index is -3.78. The first kappa shape index (κ1) is 23.0. The lowest BCUT2D eigenvalue weighted by molar-refractivity contribution is 0.0697. The summed E-state index contributed by atoms with van der Waals surface area (Å²) in [4.78, 5) is 11.4. The Bertz CT molecular complexity index is 1380. The van der Waals surface area contributed by atoms with Gasteiger partial charge in [-0.15, -0.1) is 0 Å². The Kier molecular flexibility index (Phi) is 5.98. The van der Waals surface area contributed by atoms with Gasteiger partial charge in [0.2, 0.25) is 0 Å². The number of nitrogens with one attached hydrogen (secondary N) is 2. The maximum absolute atomic E-state index is 13.1. The highest BCUT2D eigenvalue weighted by Crippen LogP contribution is 2.50. The van der Waals surface area contributed by atoms with Crippen molar-refractivity contribution in [2.75, 3.05) is 16.6 Å². The lowest BCUT2D eigenvalue weighted by atomic mass is 9.77. The summed E-state index contributed by atoms with van der Waals surface area (Å²) in [7, 11) is -3.78. The number of carbonyl (C=O) groups is 1. The number of hydrogen-bond donors (Lipinski definition) is 3. The van der Waals surface area contributed by atoms with E-state index in [4.69, 9.17) is 4.74 Å². The number of benzene rings is 3. The van der Waals surface area contributed by atoms with Crippen molar-refractivity contribution in [2.24, 2.45) is 5.92 Å². The minimum Gasteiger partial charge on any atom is -0.494 e. The van der Waals surface area contributed by atoms with Crippen LogP contribution in [0.15, 0.2) is 83.8 Å². The zero-order chi connectivity index (χ0) is 24.6. The molecule has 0 radical (unpaired) electrons. The Morgan fingerprint density at radius 1 is 1.09 bits per heavy atom. The first-order valence-corrected chi connectivity index (χ1v) is 13.0. The predicted molar refractivity (Wildman–Crippen MR) is 135 cm³/mol. The van der Waals surface area contributed by atoms with Crippen LogP contribution in [0.2, 0.25) is 0 Å². The van der Waals surface area contributed by atoms with Gasteiger partial charge in [-0.25, -0.2) is 13.2 Å². The first-order valence-electron chi connectivity index (χ1n) is 11.5. The Morgan fingerprint density at radius 2 is 1.83 bits per heavy atom. The number of fused-ring (bicyclic) bond motifs is 3. The van der Waals surface area contributed by atoms with Crippen molar-refractivity contribution in [1.82, 2.24) is 0 Å². The molecule has 8 heteroatoms. The summed E-state index contributed by atoms with van der Waals surface area (Å²) in [6.45, 7) is 2.43. The monoisotopic (exact) mass is 490 g/mol. The number of carboxylic acid groups (broad SMARTS) is 1. The maximum Gasteiger partial charge on any atom is 0.335 e. The van der Waals surface area contributed by atoms with E-state index < -0.39 is 16.0 Å². The molecular weight excluding hydrogens is 464 g/mol. The van der Waals surface area contributed by atoms with Crippen molar-refractivity contribution in [3.8, 4) is 5.75 Å². The minimum absolute atomic E-state index is 0.00483. The largest absolute Gasteiger partial charge is 0.494 e. The Morgan fingerprint density at radius 3 is 2.51 bits per heavy atom. The normalized spacial score (nSPS) is 20.4. The van der Waals surface area contributed by atoms with Crippen LogP contribution in [-0.4, -0.2) is 26.1 Å². The molecule has 0 fully saturated rings. The fraction of sp³-hybridized carbons (Fsp3) is 0.222. The van der Waals surface area contributed by atoms with Gasteiger partial charge in [0.15, 0.2) is 0 Å². The van der Waals surface area contributed by atoms with E-state index in [2.05, 4.69) is 22.2 Å². The highest BCUT2D eigenvalue weighted by atomic mass is 32.2. The second kappa shape index (κ2) is 9.11. The lowest BCUT2D eigenvalue weighted by Crippen LogP contribution is -2.29. The van der Waals surface area contributed by atoms with Crippen LogP contribution in [0.3, 0.4) is 0 Å². The molecule has 1 aliphatic carbocycles. The fourth-order valence-corrected chi connectivity index (χ4v) is 6.00. The standard InChI is InChI=1S/C27H26N2O5S/c1-2-34-20-12-10-19(11-13-20)29-35(32,33)21-14-15-25-24(16-21)22-4-3-5-23(22)26(28-25)17-6-8-18(9-7-17)27(30)31/h3-4,6-16,22-23,26,28-29H,2,5H2,1H3,(H,30,31). The Balaban J connectivity index is 1.42. The Labute approximate surface area is 204 Å². The summed E-state index contributed by atoms with van der Waals surface area (Å²) in [6, 6.07) is 18.9. The van der Waals surface area contributed by atoms with Gasteiger partial charge in [0, 0.05) is 17.3 Å². The van der Waals surface area contributed by atoms with Gasteiger partial charge in [0.25, 0.3) is 10.0 Å². The number of hydrogen-bond acceptors (Lipinski definition) is 5. The predicted octanol–water partition coefficient (Wildman–Crippen LogP) is 5.41. The van der Waals surface area contributed by atoms with Crippen molar-refractivity contribution in [3.63, 3.8) is 0 Å². The smallest absolute Gasteiger partial charge is 0.335 e. The zero-order valence-electron chi connectivity index (χ0n) is 19.1. The van der Waals surface area contributed by atoms with Crippen LogP contribution >= 0.6 is 0 Å². The SMILES string of the molecule is CCOc1ccc(NS(=O)(=O)c2ccc3c(c2)C2C=CCC2C(c2ccc(C(=O)O)cc2)N3)cc1. The maximum atomic E-state index is 13.1. The van der Waals surface area contributed by atoms with Gasteiger partial charge in [0.1, 0.15) is 5.75 Å². The number of rotatable bonds is 7. The highest BCUT2D eigenvalue weighted by Gasteiger charge is 2.38. The lowest BCUT2D eigenvalue weighted by Gasteiger charge is -2.37. The summed E-state index contributed by atoms with van der Waals surface area (Å²) >= 11 is 0. The van der Waals surface area contributed by atoms with Crippen molar-refractivity contribution in [1.29, 1.82) is 0 Å². The third kappa shape index (κ3) is 4.49. The van der Waals surface area contributed by atoms with Gasteiger partial charge in [-0.3, -0.25) is 4.72 Å². The number of ether oxygens (including phenoxy) is 1. The molecule has 1 heterocycles. The van der Waals surface area contributed by atoms with Gasteiger partial charge < -0.3 is 15.2 Å². The Hall–Kier alpha value is -3.78. The molecule has 2 aliphatic rings. The molecule has 5 rings (SSSR count). The van der Waals surface area contributed by atoms with Crippen LogP contribution in [0.1, 0.15) is 46.8 Å². The van der Waals surface area contributed by atoms with Crippen LogP contribution in [-0.2, 0) is 10.0 Å². The van der Waals surface area contributed by atoms with Crippen molar-refractivity contribution in [3.05, 3.63) is 95.6 Å². The van der Waals surface area contributed by atoms with Gasteiger partial charge in [0.05, 0.1) is 23.1 Å². The van der Waals surface area contributed by atoms with Crippen molar-refractivity contribution < 1.29 is 23.1 Å². The molecule has 3 aromatic rings. The van der Waals surface area contributed by atoms with Crippen LogP contribution in [0, 0.1) is 5.92 Å². The summed E-state index contributed by atoms with van der Waals surface area (Å²) in [6.07, 6.45) is 5.12. The quantitative estimate of drug-likeness (QED) is 0.383. The molecule has 3 aromatic carbocycles. The molecule has 3 unspecified atom stereocenters. The molecular formula is C27H26N2O5S. The molecule has 7 nitrogen and oxygen atoms in total. The molecule has 0 saturated carbocycles. The van der Waals surface area contributed by atoms with E-state index in [-0.39, 0.29) is 28.3 Å². The van der Waals surface area contributed by atoms with Gasteiger partial charge in [-0.05, 0) is 85.0 Å². The second-order valence-corrected chi connectivity index (χ2v) is 10.4. The molecule has 0 saturated heterocycles. The van der Waals surface area contributed by atoms with E-state index in [1.54, 1.807) is 48.5 Å². The van der Waals surface area contributed by atoms with E-state index >= 15 is 0 Å². The van der Waals surface area contributed by atoms with E-state index in [1.165, 1.54) is 0 Å². The molecule has 0 amide bonds. The third-order valence-electron chi connectivity index (χ3n) is 6.58. The van der Waals surface area contributed by atoms with Crippen LogP contribution < -0.4 is 14.8 Å². The van der Waals surface area contributed by atoms with Crippen LogP contribution in [0.4, 0.5) is 11.4 Å².